The monoisotopic (exact) mass is 376 g/mol. The second kappa shape index (κ2) is 7.99. The van der Waals surface area contributed by atoms with Gasteiger partial charge in [-0.3, -0.25) is 9.36 Å². The fraction of sp³-hybridized carbons (Fsp3) is 0.667. The molecule has 2 aliphatic heterocycles. The van der Waals surface area contributed by atoms with Crippen molar-refractivity contribution in [3.63, 3.8) is 0 Å². The first-order valence-corrected chi connectivity index (χ1v) is 9.77. The van der Waals surface area contributed by atoms with Gasteiger partial charge in [0.05, 0.1) is 18.4 Å². The molecule has 3 N–H and O–H groups in total. The number of nitrogens with one attached hydrogen (secondary N) is 1. The molecule has 0 aromatic heterocycles. The van der Waals surface area contributed by atoms with Crippen molar-refractivity contribution in [3.8, 4) is 0 Å². The largest absolute Gasteiger partial charge is 0.374 e. The molecule has 2 heterocycles. The van der Waals surface area contributed by atoms with Crippen LogP contribution in [0.4, 0.5) is 0 Å². The highest BCUT2D eigenvalue weighted by Gasteiger charge is 2.49. The van der Waals surface area contributed by atoms with Crippen molar-refractivity contribution in [1.29, 1.82) is 0 Å². The van der Waals surface area contributed by atoms with Gasteiger partial charge in [-0.2, -0.15) is 0 Å². The van der Waals surface area contributed by atoms with E-state index in [2.05, 4.69) is 11.9 Å². The van der Waals surface area contributed by atoms with Gasteiger partial charge in [0.25, 0.3) is 5.91 Å². The lowest BCUT2D eigenvalue weighted by atomic mass is 10.1. The molecule has 9 nitrogen and oxygen atoms in total. The summed E-state index contributed by atoms with van der Waals surface area (Å²) < 4.78 is 28.7. The molecule has 2 aliphatic rings. The summed E-state index contributed by atoms with van der Waals surface area (Å²) >= 11 is 0. The van der Waals surface area contributed by atoms with Gasteiger partial charge in [0.15, 0.2) is 6.23 Å². The van der Waals surface area contributed by atoms with Gasteiger partial charge in [-0.05, 0) is 20.3 Å². The van der Waals surface area contributed by atoms with Crippen LogP contribution in [0.25, 0.3) is 0 Å². The van der Waals surface area contributed by atoms with Gasteiger partial charge < -0.3 is 34.2 Å². The molecule has 25 heavy (non-hydrogen) atoms. The van der Waals surface area contributed by atoms with Crippen molar-refractivity contribution in [1.82, 2.24) is 10.2 Å². The van der Waals surface area contributed by atoms with Gasteiger partial charge in [0.2, 0.25) is 0 Å². The Morgan fingerprint density at radius 3 is 2.64 bits per heavy atom. The zero-order valence-electron chi connectivity index (χ0n) is 14.5. The molecule has 1 saturated heterocycles. The molecular weight excluding hydrogens is 351 g/mol. The highest BCUT2D eigenvalue weighted by Crippen LogP contribution is 2.39. The lowest BCUT2D eigenvalue weighted by Gasteiger charge is -2.34. The molecule has 1 unspecified atom stereocenters. The second-order valence-corrected chi connectivity index (χ2v) is 8.03. The molecule has 1 fully saturated rings. The van der Waals surface area contributed by atoms with Crippen molar-refractivity contribution in [2.24, 2.45) is 0 Å². The molecule has 0 bridgehead atoms. The summed E-state index contributed by atoms with van der Waals surface area (Å²) in [6.07, 6.45) is 0.314. The number of ether oxygens (including phenoxy) is 3. The van der Waals surface area contributed by atoms with Crippen molar-refractivity contribution < 1.29 is 33.4 Å². The molecule has 0 radical (unpaired) electrons. The van der Waals surface area contributed by atoms with E-state index in [-0.39, 0.29) is 24.6 Å². The average Bonchev–Trinajstić information content (AvgIpc) is 2.81. The Bertz CT molecular complexity index is 588. The van der Waals surface area contributed by atoms with Crippen molar-refractivity contribution in [2.75, 3.05) is 13.3 Å². The molecule has 10 heteroatoms. The van der Waals surface area contributed by atoms with Crippen molar-refractivity contribution in [3.05, 3.63) is 24.7 Å². The van der Waals surface area contributed by atoms with Crippen LogP contribution in [0.3, 0.4) is 0 Å². The lowest BCUT2D eigenvalue weighted by molar-refractivity contribution is -0.118. The zero-order chi connectivity index (χ0) is 18.8. The van der Waals surface area contributed by atoms with Gasteiger partial charge in [-0.25, -0.2) is 0 Å². The Kier molecular flexibility index (Phi) is 6.42. The minimum Gasteiger partial charge on any atom is -0.374 e. The third-order valence-corrected chi connectivity index (χ3v) is 4.77. The van der Waals surface area contributed by atoms with Crippen LogP contribution in [-0.2, 0) is 23.6 Å². The summed E-state index contributed by atoms with van der Waals surface area (Å²) in [7, 11) is -2.65. The minimum absolute atomic E-state index is 0.119. The maximum atomic E-state index is 11.4. The summed E-state index contributed by atoms with van der Waals surface area (Å²) in [5.74, 6) is 0.0414. The molecule has 0 aromatic rings. The summed E-state index contributed by atoms with van der Waals surface area (Å²) in [4.78, 5) is 31.3. The van der Waals surface area contributed by atoms with Crippen LogP contribution in [0.15, 0.2) is 24.7 Å². The van der Waals surface area contributed by atoms with E-state index in [0.717, 1.165) is 0 Å². The fourth-order valence-electron chi connectivity index (χ4n) is 2.91. The van der Waals surface area contributed by atoms with E-state index in [1.807, 2.05) is 13.8 Å². The molecule has 1 amide bonds. The van der Waals surface area contributed by atoms with E-state index < -0.39 is 32.1 Å². The van der Waals surface area contributed by atoms with Crippen LogP contribution in [-0.4, -0.2) is 64.5 Å². The summed E-state index contributed by atoms with van der Waals surface area (Å²) in [5.41, 5.74) is 0. The van der Waals surface area contributed by atoms with Crippen LogP contribution in [0.1, 0.15) is 20.3 Å². The standard InChI is InChI=1S/C15H25N2O7P/c1-9(2)23-13-11(6-8-25(19,20)21)24-15(14(13)22-4)17-7-5-12(18)16-10(17)3/h5,7,9,11,13-15H,3,6,8H2,1-2,4H3,(H,16,18)(H2,19,20,21)/t11-,13+,14?,15-/m1/s1. The zero-order valence-corrected chi connectivity index (χ0v) is 15.4. The number of carbonyl (C=O) groups is 1. The van der Waals surface area contributed by atoms with E-state index in [4.69, 9.17) is 24.0 Å². The topological polar surface area (TPSA) is 118 Å². The highest BCUT2D eigenvalue weighted by atomic mass is 31.2. The predicted octanol–water partition coefficient (Wildman–Crippen LogP) is 0.504. The number of hydrogen-bond acceptors (Lipinski definition) is 6. The summed E-state index contributed by atoms with van der Waals surface area (Å²) in [5, 5.41) is 2.58. The molecule has 0 saturated carbocycles. The van der Waals surface area contributed by atoms with Gasteiger partial charge >= 0.3 is 7.60 Å². The first kappa shape index (κ1) is 20.1. The fourth-order valence-corrected chi connectivity index (χ4v) is 3.50. The van der Waals surface area contributed by atoms with Crippen molar-refractivity contribution in [2.45, 2.75) is 50.9 Å². The maximum Gasteiger partial charge on any atom is 0.325 e. The van der Waals surface area contributed by atoms with Crippen LogP contribution in [0.2, 0.25) is 0 Å². The molecule has 142 valence electrons. The van der Waals surface area contributed by atoms with E-state index in [1.54, 1.807) is 4.90 Å². The van der Waals surface area contributed by atoms with Crippen LogP contribution < -0.4 is 5.32 Å². The van der Waals surface area contributed by atoms with Crippen LogP contribution in [0.5, 0.6) is 0 Å². The highest BCUT2D eigenvalue weighted by molar-refractivity contribution is 7.51. The lowest BCUT2D eigenvalue weighted by Crippen LogP contribution is -2.47. The van der Waals surface area contributed by atoms with E-state index >= 15 is 0 Å². The van der Waals surface area contributed by atoms with Crippen LogP contribution in [0, 0.1) is 0 Å². The number of nitrogens with zero attached hydrogens (tertiary/aromatic N) is 1. The molecule has 2 rings (SSSR count). The Morgan fingerprint density at radius 1 is 1.44 bits per heavy atom. The maximum absolute atomic E-state index is 11.4. The SMILES string of the molecule is C=C1NC(=O)C=CN1[C@@H]1O[C@H](CCP(=O)(O)O)[C@H](OC(C)C)C1OC. The van der Waals surface area contributed by atoms with Gasteiger partial charge in [0, 0.05) is 19.4 Å². The van der Waals surface area contributed by atoms with Crippen molar-refractivity contribution >= 4 is 13.5 Å². The van der Waals surface area contributed by atoms with Gasteiger partial charge in [-0.15, -0.1) is 0 Å². The van der Waals surface area contributed by atoms with E-state index in [0.29, 0.717) is 5.82 Å². The van der Waals surface area contributed by atoms with E-state index in [9.17, 15) is 9.36 Å². The second-order valence-electron chi connectivity index (χ2n) is 6.25. The van der Waals surface area contributed by atoms with Gasteiger partial charge in [-0.1, -0.05) is 6.58 Å². The molecular formula is C15H25N2O7P. The molecule has 0 spiro atoms. The Balaban J connectivity index is 2.22. The summed E-state index contributed by atoms with van der Waals surface area (Å²) in [6.45, 7) is 7.52. The summed E-state index contributed by atoms with van der Waals surface area (Å²) in [6, 6.07) is 0. The smallest absolute Gasteiger partial charge is 0.325 e. The van der Waals surface area contributed by atoms with Gasteiger partial charge in [0.1, 0.15) is 18.0 Å². The predicted molar refractivity (Wildman–Crippen MR) is 89.3 cm³/mol. The van der Waals surface area contributed by atoms with Crippen LogP contribution >= 0.6 is 7.60 Å². The minimum atomic E-state index is -4.16. The Labute approximate surface area is 146 Å². The third kappa shape index (κ3) is 5.13. The number of methoxy groups -OCH3 is 1. The number of hydrogen-bond donors (Lipinski definition) is 3. The normalized spacial score (nSPS) is 30.2. The average molecular weight is 376 g/mol. The quantitative estimate of drug-likeness (QED) is 0.550. The van der Waals surface area contributed by atoms with E-state index in [1.165, 1.54) is 19.4 Å². The number of amides is 1. The first-order valence-electron chi connectivity index (χ1n) is 7.97. The molecule has 4 atom stereocenters. The third-order valence-electron chi connectivity index (χ3n) is 3.93. The number of rotatable bonds is 7. The first-order chi connectivity index (χ1) is 11.6. The Morgan fingerprint density at radius 2 is 2.12 bits per heavy atom. The molecule has 0 aromatic carbocycles. The molecule has 0 aliphatic carbocycles. The Hall–Kier alpha value is -1.22. The number of carbonyl (C=O) groups excluding carboxylic acids is 1.